The van der Waals surface area contributed by atoms with E-state index in [0.717, 1.165) is 12.5 Å². The maximum Gasteiger partial charge on any atom is 0.252 e. The van der Waals surface area contributed by atoms with Crippen molar-refractivity contribution in [1.82, 2.24) is 20.9 Å². The molecule has 0 saturated carbocycles. The average Bonchev–Trinajstić information content (AvgIpc) is 2.70. The van der Waals surface area contributed by atoms with Gasteiger partial charge in [-0.15, -0.1) is 24.0 Å². The molecule has 0 aliphatic rings. The summed E-state index contributed by atoms with van der Waals surface area (Å²) in [5.41, 5.74) is 3.10. The van der Waals surface area contributed by atoms with Crippen molar-refractivity contribution in [3.8, 4) is 0 Å². The van der Waals surface area contributed by atoms with E-state index in [9.17, 15) is 4.79 Å². The number of benzene rings is 1. The lowest BCUT2D eigenvalue weighted by Gasteiger charge is -2.14. The van der Waals surface area contributed by atoms with E-state index in [-0.39, 0.29) is 29.9 Å². The van der Waals surface area contributed by atoms with Crippen LogP contribution in [0, 0.1) is 6.92 Å². The molecule has 28 heavy (non-hydrogen) atoms. The Labute approximate surface area is 184 Å². The molecule has 0 radical (unpaired) electrons. The first kappa shape index (κ1) is 23.9. The molecule has 0 aliphatic heterocycles. The molecule has 2 rings (SSSR count). The molecule has 1 heterocycles. The van der Waals surface area contributed by atoms with Crippen LogP contribution in [-0.2, 0) is 0 Å². The zero-order valence-corrected chi connectivity index (χ0v) is 19.1. The molecule has 0 saturated heterocycles. The Hall–Kier alpha value is -2.16. The van der Waals surface area contributed by atoms with E-state index < -0.39 is 0 Å². The topological polar surface area (TPSA) is 78.4 Å². The van der Waals surface area contributed by atoms with Crippen LogP contribution in [0.5, 0.6) is 0 Å². The molecular formula is C21H30IN5O. The fraction of sp³-hybridized carbons (Fsp3) is 0.381. The number of hydrogen-bond acceptors (Lipinski definition) is 3. The third-order valence-corrected chi connectivity index (χ3v) is 4.14. The predicted molar refractivity (Wildman–Crippen MR) is 126 cm³/mol. The number of pyridine rings is 1. The number of aromatic nitrogens is 1. The van der Waals surface area contributed by atoms with Crippen LogP contribution in [0.3, 0.4) is 0 Å². The largest absolute Gasteiger partial charge is 0.357 e. The van der Waals surface area contributed by atoms with Crippen LogP contribution in [-0.4, -0.2) is 43.0 Å². The monoisotopic (exact) mass is 495 g/mol. The van der Waals surface area contributed by atoms with Gasteiger partial charge >= 0.3 is 0 Å². The summed E-state index contributed by atoms with van der Waals surface area (Å²) in [7, 11) is 0. The zero-order valence-electron chi connectivity index (χ0n) is 16.7. The molecule has 6 nitrogen and oxygen atoms in total. The second-order valence-electron chi connectivity index (χ2n) is 6.46. The maximum atomic E-state index is 12.0. The van der Waals surface area contributed by atoms with Gasteiger partial charge in [0, 0.05) is 44.5 Å². The fourth-order valence-corrected chi connectivity index (χ4v) is 2.53. The summed E-state index contributed by atoms with van der Waals surface area (Å²) in [5.74, 6) is 0.971. The predicted octanol–water partition coefficient (Wildman–Crippen LogP) is 3.10. The molecule has 7 heteroatoms. The van der Waals surface area contributed by atoms with Crippen LogP contribution in [0.2, 0.25) is 0 Å². The summed E-state index contributed by atoms with van der Waals surface area (Å²) in [6.45, 7) is 8.87. The summed E-state index contributed by atoms with van der Waals surface area (Å²) >= 11 is 0. The molecule has 152 valence electrons. The molecule has 1 atom stereocenters. The number of guanidine groups is 1. The molecule has 3 N–H and O–H groups in total. The van der Waals surface area contributed by atoms with Gasteiger partial charge in [-0.25, -0.2) is 0 Å². The minimum Gasteiger partial charge on any atom is -0.357 e. The second-order valence-corrected chi connectivity index (χ2v) is 6.46. The van der Waals surface area contributed by atoms with Crippen molar-refractivity contribution in [2.24, 2.45) is 4.99 Å². The van der Waals surface area contributed by atoms with Crippen LogP contribution < -0.4 is 16.0 Å². The summed E-state index contributed by atoms with van der Waals surface area (Å²) < 4.78 is 0. The highest BCUT2D eigenvalue weighted by Crippen LogP contribution is 2.15. The number of amides is 1. The molecule has 0 spiro atoms. The van der Waals surface area contributed by atoms with E-state index in [1.807, 2.05) is 6.92 Å². The molecule has 2 aromatic rings. The van der Waals surface area contributed by atoms with Gasteiger partial charge in [0.15, 0.2) is 5.96 Å². The number of carbonyl (C=O) groups is 1. The van der Waals surface area contributed by atoms with Crippen molar-refractivity contribution in [3.63, 3.8) is 0 Å². The van der Waals surface area contributed by atoms with E-state index in [1.54, 1.807) is 24.5 Å². The van der Waals surface area contributed by atoms with E-state index in [1.165, 1.54) is 11.1 Å². The van der Waals surface area contributed by atoms with Crippen molar-refractivity contribution in [3.05, 3.63) is 65.5 Å². The molecule has 1 aromatic carbocycles. The lowest BCUT2D eigenvalue weighted by atomic mass is 10.0. The first-order valence-electron chi connectivity index (χ1n) is 9.37. The van der Waals surface area contributed by atoms with Gasteiger partial charge in [0.25, 0.3) is 5.91 Å². The summed E-state index contributed by atoms with van der Waals surface area (Å²) in [4.78, 5) is 20.6. The van der Waals surface area contributed by atoms with Crippen LogP contribution in [0.25, 0.3) is 0 Å². The highest BCUT2D eigenvalue weighted by molar-refractivity contribution is 14.0. The normalized spacial score (nSPS) is 11.9. The molecule has 0 fully saturated rings. The van der Waals surface area contributed by atoms with Gasteiger partial charge in [-0.3, -0.25) is 14.8 Å². The lowest BCUT2D eigenvalue weighted by molar-refractivity contribution is 0.0954. The van der Waals surface area contributed by atoms with Gasteiger partial charge < -0.3 is 16.0 Å². The van der Waals surface area contributed by atoms with Crippen molar-refractivity contribution in [2.75, 3.05) is 26.2 Å². The first-order chi connectivity index (χ1) is 13.1. The summed E-state index contributed by atoms with van der Waals surface area (Å²) in [6.07, 6.45) is 3.20. The molecular weight excluding hydrogens is 465 g/mol. The molecule has 1 amide bonds. The Kier molecular flexibility index (Phi) is 11.2. The Bertz CT molecular complexity index is 734. The third-order valence-electron chi connectivity index (χ3n) is 4.14. The van der Waals surface area contributed by atoms with E-state index in [0.29, 0.717) is 31.1 Å². The van der Waals surface area contributed by atoms with E-state index in [4.69, 9.17) is 0 Å². The number of halogens is 1. The van der Waals surface area contributed by atoms with Crippen LogP contribution in [0.15, 0.2) is 53.8 Å². The van der Waals surface area contributed by atoms with Gasteiger partial charge in [0.05, 0.1) is 5.56 Å². The summed E-state index contributed by atoms with van der Waals surface area (Å²) in [6, 6.07) is 12.1. The minimum absolute atomic E-state index is 0. The standard InChI is InChI=1S/C21H29N5O.HI/c1-4-23-21(26-14-17(3)18-9-7-16(2)8-10-18)25-13-12-24-20(27)19-6-5-11-22-15-19;/h5-11,15,17H,4,12-14H2,1-3H3,(H,24,27)(H2,23,25,26);1H. The zero-order chi connectivity index (χ0) is 19.5. The Balaban J connectivity index is 0.00000392. The minimum atomic E-state index is -0.125. The van der Waals surface area contributed by atoms with Gasteiger partial charge in [0.2, 0.25) is 0 Å². The van der Waals surface area contributed by atoms with Gasteiger partial charge in [0.1, 0.15) is 0 Å². The van der Waals surface area contributed by atoms with Crippen molar-refractivity contribution in [2.45, 2.75) is 26.7 Å². The quantitative estimate of drug-likeness (QED) is 0.228. The van der Waals surface area contributed by atoms with Gasteiger partial charge in [-0.2, -0.15) is 0 Å². The SMILES string of the molecule is CCNC(=NCC(C)c1ccc(C)cc1)NCCNC(=O)c1cccnc1.I. The number of nitrogens with one attached hydrogen (secondary N) is 3. The van der Waals surface area contributed by atoms with Crippen molar-refractivity contribution < 1.29 is 4.79 Å². The van der Waals surface area contributed by atoms with Crippen molar-refractivity contribution in [1.29, 1.82) is 0 Å². The lowest BCUT2D eigenvalue weighted by Crippen LogP contribution is -2.41. The Morgan fingerprint density at radius 3 is 2.46 bits per heavy atom. The molecule has 1 unspecified atom stereocenters. The van der Waals surface area contributed by atoms with E-state index >= 15 is 0 Å². The number of hydrogen-bond donors (Lipinski definition) is 3. The number of aryl methyl sites for hydroxylation is 1. The van der Waals surface area contributed by atoms with Crippen LogP contribution in [0.4, 0.5) is 0 Å². The smallest absolute Gasteiger partial charge is 0.252 e. The van der Waals surface area contributed by atoms with Crippen LogP contribution in [0.1, 0.15) is 41.3 Å². The second kappa shape index (κ2) is 13.1. The molecule has 0 aliphatic carbocycles. The third kappa shape index (κ3) is 8.24. The Morgan fingerprint density at radius 1 is 1.11 bits per heavy atom. The number of aliphatic imine (C=N–C) groups is 1. The van der Waals surface area contributed by atoms with Gasteiger partial charge in [-0.05, 0) is 31.5 Å². The molecule has 0 bridgehead atoms. The molecule has 1 aromatic heterocycles. The number of nitrogens with zero attached hydrogens (tertiary/aromatic N) is 2. The van der Waals surface area contributed by atoms with Gasteiger partial charge in [-0.1, -0.05) is 36.8 Å². The number of carbonyl (C=O) groups excluding carboxylic acids is 1. The number of rotatable bonds is 8. The van der Waals surface area contributed by atoms with Crippen molar-refractivity contribution >= 4 is 35.8 Å². The van der Waals surface area contributed by atoms with Crippen LogP contribution >= 0.6 is 24.0 Å². The Morgan fingerprint density at radius 2 is 1.82 bits per heavy atom. The highest BCUT2D eigenvalue weighted by Gasteiger charge is 2.06. The van der Waals surface area contributed by atoms with E-state index in [2.05, 4.69) is 64.0 Å². The fourth-order valence-electron chi connectivity index (χ4n) is 2.53. The first-order valence-corrected chi connectivity index (χ1v) is 9.37. The average molecular weight is 495 g/mol. The maximum absolute atomic E-state index is 12.0. The summed E-state index contributed by atoms with van der Waals surface area (Å²) in [5, 5.41) is 9.35. The highest BCUT2D eigenvalue weighted by atomic mass is 127.